The highest BCUT2D eigenvalue weighted by Crippen LogP contribution is 2.13. The molecule has 0 aromatic heterocycles. The van der Waals surface area contributed by atoms with Crippen molar-refractivity contribution in [3.05, 3.63) is 29.8 Å². The summed E-state index contributed by atoms with van der Waals surface area (Å²) in [5.41, 5.74) is 6.79. The van der Waals surface area contributed by atoms with Crippen molar-refractivity contribution in [1.82, 2.24) is 4.90 Å². The second kappa shape index (κ2) is 7.01. The van der Waals surface area contributed by atoms with Gasteiger partial charge in [-0.3, -0.25) is 4.79 Å². The number of nitrogens with two attached hydrogens (primary N) is 1. The molecule has 0 fully saturated rings. The Balaban J connectivity index is 2.59. The molecule has 100 valence electrons. The fourth-order valence-corrected chi connectivity index (χ4v) is 1.67. The molecule has 4 nitrogen and oxygen atoms in total. The molecule has 0 heterocycles. The van der Waals surface area contributed by atoms with E-state index in [-0.39, 0.29) is 5.91 Å². The first-order chi connectivity index (χ1) is 8.58. The summed E-state index contributed by atoms with van der Waals surface area (Å²) in [5.74, 6) is 0.826. The summed E-state index contributed by atoms with van der Waals surface area (Å²) >= 11 is 0. The van der Waals surface area contributed by atoms with E-state index < -0.39 is 6.04 Å². The van der Waals surface area contributed by atoms with E-state index in [1.54, 1.807) is 11.9 Å². The molecule has 0 saturated carbocycles. The van der Waals surface area contributed by atoms with Gasteiger partial charge in [0.2, 0.25) is 5.91 Å². The molecule has 0 radical (unpaired) electrons. The molecule has 1 rings (SSSR count). The number of carbonyl (C=O) groups excluding carboxylic acids is 1. The number of carbonyl (C=O) groups is 1. The lowest BCUT2D eigenvalue weighted by Gasteiger charge is -2.20. The Morgan fingerprint density at radius 2 is 1.94 bits per heavy atom. The Labute approximate surface area is 109 Å². The predicted molar refractivity (Wildman–Crippen MR) is 72.4 cm³/mol. The van der Waals surface area contributed by atoms with Crippen LogP contribution in [0.1, 0.15) is 25.8 Å². The number of amides is 1. The van der Waals surface area contributed by atoms with Crippen molar-refractivity contribution in [1.29, 1.82) is 0 Å². The molecule has 1 amide bonds. The summed E-state index contributed by atoms with van der Waals surface area (Å²) in [6.07, 6.45) is 0.659. The van der Waals surface area contributed by atoms with Crippen molar-refractivity contribution in [2.75, 3.05) is 13.7 Å². The zero-order valence-corrected chi connectivity index (χ0v) is 11.3. The van der Waals surface area contributed by atoms with E-state index in [4.69, 9.17) is 10.5 Å². The van der Waals surface area contributed by atoms with Crippen molar-refractivity contribution >= 4 is 5.91 Å². The van der Waals surface area contributed by atoms with Crippen LogP contribution >= 0.6 is 0 Å². The van der Waals surface area contributed by atoms with Crippen LogP contribution in [0.15, 0.2) is 24.3 Å². The molecule has 1 aromatic rings. The molecular weight excluding hydrogens is 228 g/mol. The molecule has 0 bridgehead atoms. The average molecular weight is 250 g/mol. The van der Waals surface area contributed by atoms with Crippen molar-refractivity contribution in [3.63, 3.8) is 0 Å². The van der Waals surface area contributed by atoms with E-state index in [0.717, 1.165) is 11.3 Å². The minimum absolute atomic E-state index is 0.0219. The molecule has 0 aliphatic carbocycles. The first kappa shape index (κ1) is 14.5. The van der Waals surface area contributed by atoms with Crippen LogP contribution in [0.25, 0.3) is 0 Å². The second-order valence-electron chi connectivity index (χ2n) is 4.29. The summed E-state index contributed by atoms with van der Waals surface area (Å²) in [6, 6.07) is 7.35. The molecule has 4 heteroatoms. The van der Waals surface area contributed by atoms with Crippen LogP contribution in [0.4, 0.5) is 0 Å². The average Bonchev–Trinajstić information content (AvgIpc) is 2.39. The van der Waals surface area contributed by atoms with Gasteiger partial charge in [0.1, 0.15) is 5.75 Å². The lowest BCUT2D eigenvalue weighted by atomic mass is 10.1. The maximum absolute atomic E-state index is 11.8. The first-order valence-corrected chi connectivity index (χ1v) is 6.30. The molecule has 18 heavy (non-hydrogen) atoms. The Morgan fingerprint density at radius 3 is 2.44 bits per heavy atom. The molecule has 0 aliphatic heterocycles. The van der Waals surface area contributed by atoms with Gasteiger partial charge in [-0.1, -0.05) is 19.1 Å². The van der Waals surface area contributed by atoms with Gasteiger partial charge in [0.05, 0.1) is 12.6 Å². The normalized spacial score (nSPS) is 12.0. The quantitative estimate of drug-likeness (QED) is 0.837. The molecule has 0 spiro atoms. The highest BCUT2D eigenvalue weighted by molar-refractivity contribution is 5.81. The Kier molecular flexibility index (Phi) is 5.65. The van der Waals surface area contributed by atoms with Gasteiger partial charge in [-0.05, 0) is 31.0 Å². The van der Waals surface area contributed by atoms with Gasteiger partial charge in [-0.25, -0.2) is 0 Å². The van der Waals surface area contributed by atoms with Crippen LogP contribution in [0.3, 0.4) is 0 Å². The van der Waals surface area contributed by atoms with Crippen molar-refractivity contribution in [2.45, 2.75) is 32.9 Å². The van der Waals surface area contributed by atoms with Crippen molar-refractivity contribution in [2.24, 2.45) is 5.73 Å². The maximum atomic E-state index is 11.8. The van der Waals surface area contributed by atoms with Gasteiger partial charge < -0.3 is 15.4 Å². The van der Waals surface area contributed by atoms with Crippen molar-refractivity contribution in [3.8, 4) is 5.75 Å². The SMILES string of the molecule is CCOc1ccc(CN(C)C(=O)[C@H](N)CC)cc1. The lowest BCUT2D eigenvalue weighted by molar-refractivity contribution is -0.131. The number of ether oxygens (including phenoxy) is 1. The topological polar surface area (TPSA) is 55.6 Å². The highest BCUT2D eigenvalue weighted by atomic mass is 16.5. The monoisotopic (exact) mass is 250 g/mol. The van der Waals surface area contributed by atoms with Crippen LogP contribution < -0.4 is 10.5 Å². The standard InChI is InChI=1S/C14H22N2O2/c1-4-13(15)14(17)16(3)10-11-6-8-12(9-7-11)18-5-2/h6-9,13H,4-5,10,15H2,1-3H3/t13-/m1/s1. The van der Waals surface area contributed by atoms with Gasteiger partial charge >= 0.3 is 0 Å². The van der Waals surface area contributed by atoms with Gasteiger partial charge in [-0.2, -0.15) is 0 Å². The second-order valence-corrected chi connectivity index (χ2v) is 4.29. The third-order valence-corrected chi connectivity index (χ3v) is 2.79. The van der Waals surface area contributed by atoms with Gasteiger partial charge in [-0.15, -0.1) is 0 Å². The Bertz CT molecular complexity index is 376. The molecule has 2 N–H and O–H groups in total. The summed E-state index contributed by atoms with van der Waals surface area (Å²) < 4.78 is 5.37. The molecular formula is C14H22N2O2. The fourth-order valence-electron chi connectivity index (χ4n) is 1.67. The minimum atomic E-state index is -0.405. The number of benzene rings is 1. The van der Waals surface area contributed by atoms with Crippen LogP contribution in [-0.2, 0) is 11.3 Å². The summed E-state index contributed by atoms with van der Waals surface area (Å²) in [5, 5.41) is 0. The fraction of sp³-hybridized carbons (Fsp3) is 0.500. The number of hydrogen-bond donors (Lipinski definition) is 1. The zero-order valence-electron chi connectivity index (χ0n) is 11.3. The Hall–Kier alpha value is -1.55. The van der Waals surface area contributed by atoms with E-state index in [1.165, 1.54) is 0 Å². The Morgan fingerprint density at radius 1 is 1.33 bits per heavy atom. The minimum Gasteiger partial charge on any atom is -0.494 e. The third-order valence-electron chi connectivity index (χ3n) is 2.79. The van der Waals surface area contributed by atoms with Crippen LogP contribution in [0.2, 0.25) is 0 Å². The molecule has 1 aromatic carbocycles. The lowest BCUT2D eigenvalue weighted by Crippen LogP contribution is -2.40. The van der Waals surface area contributed by atoms with E-state index in [1.807, 2.05) is 38.1 Å². The molecule has 0 unspecified atom stereocenters. The van der Waals surface area contributed by atoms with Crippen molar-refractivity contribution < 1.29 is 9.53 Å². The van der Waals surface area contributed by atoms with E-state index in [0.29, 0.717) is 19.6 Å². The molecule has 1 atom stereocenters. The summed E-state index contributed by atoms with van der Waals surface area (Å²) in [6.45, 7) is 5.09. The number of likely N-dealkylation sites (N-methyl/N-ethyl adjacent to an activating group) is 1. The van der Waals surface area contributed by atoms with Crippen LogP contribution in [0.5, 0.6) is 5.75 Å². The highest BCUT2D eigenvalue weighted by Gasteiger charge is 2.15. The number of nitrogens with zero attached hydrogens (tertiary/aromatic N) is 1. The molecule has 0 saturated heterocycles. The number of rotatable bonds is 6. The van der Waals surface area contributed by atoms with E-state index in [2.05, 4.69) is 0 Å². The summed E-state index contributed by atoms with van der Waals surface area (Å²) in [7, 11) is 1.77. The van der Waals surface area contributed by atoms with Gasteiger partial charge in [0, 0.05) is 13.6 Å². The number of hydrogen-bond acceptors (Lipinski definition) is 3. The van der Waals surface area contributed by atoms with Crippen LogP contribution in [0, 0.1) is 0 Å². The largest absolute Gasteiger partial charge is 0.494 e. The van der Waals surface area contributed by atoms with Gasteiger partial charge in [0.15, 0.2) is 0 Å². The first-order valence-electron chi connectivity index (χ1n) is 6.30. The van der Waals surface area contributed by atoms with Gasteiger partial charge in [0.25, 0.3) is 0 Å². The van der Waals surface area contributed by atoms with E-state index in [9.17, 15) is 4.79 Å². The third kappa shape index (κ3) is 4.04. The van der Waals surface area contributed by atoms with E-state index >= 15 is 0 Å². The summed E-state index contributed by atoms with van der Waals surface area (Å²) in [4.78, 5) is 13.5. The predicted octanol–water partition coefficient (Wildman–Crippen LogP) is 1.78. The van der Waals surface area contributed by atoms with Crippen LogP contribution in [-0.4, -0.2) is 30.5 Å². The smallest absolute Gasteiger partial charge is 0.239 e. The maximum Gasteiger partial charge on any atom is 0.239 e. The zero-order chi connectivity index (χ0) is 13.5. The molecule has 0 aliphatic rings.